The molecule has 116 valence electrons. The molecule has 1 aromatic rings. The molecule has 3 rings (SSSR count). The van der Waals surface area contributed by atoms with Gasteiger partial charge in [-0.2, -0.15) is 0 Å². The van der Waals surface area contributed by atoms with Gasteiger partial charge in [0.15, 0.2) is 11.5 Å². The minimum Gasteiger partial charge on any atom is -0.493 e. The molecule has 2 saturated heterocycles. The number of nitrogens with one attached hydrogen (secondary N) is 1. The Kier molecular flexibility index (Phi) is 4.36. The first-order valence-corrected chi connectivity index (χ1v) is 7.88. The third-order valence-electron chi connectivity index (χ3n) is 4.91. The predicted molar refractivity (Wildman–Crippen MR) is 84.1 cm³/mol. The maximum Gasteiger partial charge on any atom is 0.161 e. The molecule has 1 N–H and O–H groups in total. The van der Waals surface area contributed by atoms with Crippen molar-refractivity contribution in [3.8, 4) is 11.5 Å². The zero-order chi connectivity index (χ0) is 14.8. The molecule has 0 bridgehead atoms. The number of fused-ring (bicyclic) bond motifs is 1. The maximum absolute atomic E-state index is 5.44. The van der Waals surface area contributed by atoms with Crippen molar-refractivity contribution in [1.29, 1.82) is 0 Å². The van der Waals surface area contributed by atoms with Crippen LogP contribution in [0, 0.1) is 12.8 Å². The normalized spacial score (nSPS) is 25.7. The summed E-state index contributed by atoms with van der Waals surface area (Å²) in [5, 5.41) is 3.67. The Morgan fingerprint density at radius 1 is 1.19 bits per heavy atom. The summed E-state index contributed by atoms with van der Waals surface area (Å²) in [6, 6.07) is 4.90. The lowest BCUT2D eigenvalue weighted by Gasteiger charge is -2.24. The second-order valence-corrected chi connectivity index (χ2v) is 6.29. The van der Waals surface area contributed by atoms with Crippen LogP contribution >= 0.6 is 0 Å². The molecule has 0 amide bonds. The van der Waals surface area contributed by atoms with Crippen LogP contribution in [0.4, 0.5) is 0 Å². The third-order valence-corrected chi connectivity index (χ3v) is 4.91. The van der Waals surface area contributed by atoms with E-state index in [-0.39, 0.29) is 0 Å². The predicted octanol–water partition coefficient (Wildman–Crippen LogP) is 2.20. The minimum atomic E-state index is 0.694. The maximum atomic E-state index is 5.44. The molecule has 2 aliphatic rings. The number of nitrogens with zero attached hydrogens (tertiary/aromatic N) is 1. The van der Waals surface area contributed by atoms with E-state index in [0.717, 1.165) is 24.0 Å². The van der Waals surface area contributed by atoms with E-state index >= 15 is 0 Å². The lowest BCUT2D eigenvalue weighted by Crippen LogP contribution is -2.40. The lowest BCUT2D eigenvalue weighted by molar-refractivity contribution is 0.310. The van der Waals surface area contributed by atoms with E-state index in [9.17, 15) is 0 Å². The highest BCUT2D eigenvalue weighted by molar-refractivity contribution is 5.47. The van der Waals surface area contributed by atoms with Gasteiger partial charge in [-0.1, -0.05) is 0 Å². The molecule has 2 heterocycles. The van der Waals surface area contributed by atoms with Gasteiger partial charge in [-0.15, -0.1) is 0 Å². The SMILES string of the molecule is COc1cc(C)c(CN2CC3CCCNC3C2)cc1OC. The first-order chi connectivity index (χ1) is 10.2. The molecule has 4 nitrogen and oxygen atoms in total. The summed E-state index contributed by atoms with van der Waals surface area (Å²) in [5.41, 5.74) is 2.61. The average Bonchev–Trinajstić information content (AvgIpc) is 2.91. The molecule has 2 fully saturated rings. The first-order valence-electron chi connectivity index (χ1n) is 7.88. The van der Waals surface area contributed by atoms with E-state index < -0.39 is 0 Å². The molecule has 0 aromatic heterocycles. The summed E-state index contributed by atoms with van der Waals surface area (Å²) >= 11 is 0. The van der Waals surface area contributed by atoms with Crippen LogP contribution in [0.3, 0.4) is 0 Å². The fourth-order valence-corrected chi connectivity index (χ4v) is 3.70. The van der Waals surface area contributed by atoms with Crippen molar-refractivity contribution in [2.45, 2.75) is 32.4 Å². The van der Waals surface area contributed by atoms with Crippen molar-refractivity contribution in [3.05, 3.63) is 23.3 Å². The number of aryl methyl sites for hydroxylation is 1. The van der Waals surface area contributed by atoms with Crippen LogP contribution in [0.5, 0.6) is 11.5 Å². The summed E-state index contributed by atoms with van der Waals surface area (Å²) in [6.45, 7) is 6.72. The average molecular weight is 290 g/mol. The molecule has 4 heteroatoms. The molecule has 0 saturated carbocycles. The van der Waals surface area contributed by atoms with Crippen molar-refractivity contribution in [2.24, 2.45) is 5.92 Å². The fourth-order valence-electron chi connectivity index (χ4n) is 3.70. The Hall–Kier alpha value is -1.26. The summed E-state index contributed by atoms with van der Waals surface area (Å²) in [4.78, 5) is 2.57. The van der Waals surface area contributed by atoms with Gasteiger partial charge in [0, 0.05) is 25.7 Å². The molecule has 1 aromatic carbocycles. The number of benzene rings is 1. The summed E-state index contributed by atoms with van der Waals surface area (Å²) in [5.74, 6) is 2.47. The van der Waals surface area contributed by atoms with E-state index in [0.29, 0.717) is 6.04 Å². The summed E-state index contributed by atoms with van der Waals surface area (Å²) < 4.78 is 10.8. The summed E-state index contributed by atoms with van der Waals surface area (Å²) in [7, 11) is 3.39. The second-order valence-electron chi connectivity index (χ2n) is 6.29. The Labute approximate surface area is 127 Å². The van der Waals surface area contributed by atoms with Gasteiger partial charge in [0.05, 0.1) is 14.2 Å². The molecule has 2 unspecified atom stereocenters. The second kappa shape index (κ2) is 6.24. The molecular formula is C17H26N2O2. The van der Waals surface area contributed by atoms with E-state index in [1.54, 1.807) is 14.2 Å². The van der Waals surface area contributed by atoms with Gasteiger partial charge in [0.25, 0.3) is 0 Å². The van der Waals surface area contributed by atoms with Gasteiger partial charge in [0.1, 0.15) is 0 Å². The van der Waals surface area contributed by atoms with Crippen molar-refractivity contribution >= 4 is 0 Å². The standard InChI is InChI=1S/C17H26N2O2/c1-12-7-16(20-2)17(21-3)8-14(12)10-19-9-13-5-4-6-18-15(13)11-19/h7-8,13,15,18H,4-6,9-11H2,1-3H3. The van der Waals surface area contributed by atoms with Crippen LogP contribution in [-0.4, -0.2) is 44.8 Å². The van der Waals surface area contributed by atoms with Gasteiger partial charge in [-0.3, -0.25) is 4.90 Å². The number of hydrogen-bond acceptors (Lipinski definition) is 4. The van der Waals surface area contributed by atoms with Crippen LogP contribution in [0.15, 0.2) is 12.1 Å². The van der Waals surface area contributed by atoms with Gasteiger partial charge >= 0.3 is 0 Å². The number of likely N-dealkylation sites (tertiary alicyclic amines) is 1. The van der Waals surface area contributed by atoms with E-state index in [1.165, 1.54) is 43.6 Å². The first kappa shape index (κ1) is 14.7. The molecule has 0 spiro atoms. The zero-order valence-corrected chi connectivity index (χ0v) is 13.3. The van der Waals surface area contributed by atoms with Crippen molar-refractivity contribution in [3.63, 3.8) is 0 Å². The van der Waals surface area contributed by atoms with Crippen molar-refractivity contribution in [1.82, 2.24) is 10.2 Å². The topological polar surface area (TPSA) is 33.7 Å². The van der Waals surface area contributed by atoms with Crippen molar-refractivity contribution < 1.29 is 9.47 Å². The van der Waals surface area contributed by atoms with Crippen LogP contribution in [0.2, 0.25) is 0 Å². The minimum absolute atomic E-state index is 0.694. The molecule has 0 aliphatic carbocycles. The quantitative estimate of drug-likeness (QED) is 0.922. The van der Waals surface area contributed by atoms with Crippen LogP contribution in [-0.2, 0) is 6.54 Å². The van der Waals surface area contributed by atoms with Gasteiger partial charge in [-0.05, 0) is 55.5 Å². The molecule has 2 aliphatic heterocycles. The number of ether oxygens (including phenoxy) is 2. The zero-order valence-electron chi connectivity index (χ0n) is 13.3. The largest absolute Gasteiger partial charge is 0.493 e. The monoisotopic (exact) mass is 290 g/mol. The van der Waals surface area contributed by atoms with Gasteiger partial charge in [-0.25, -0.2) is 0 Å². The number of hydrogen-bond donors (Lipinski definition) is 1. The molecular weight excluding hydrogens is 264 g/mol. The van der Waals surface area contributed by atoms with Crippen LogP contribution in [0.25, 0.3) is 0 Å². The molecule has 2 atom stereocenters. The van der Waals surface area contributed by atoms with Crippen LogP contribution in [0.1, 0.15) is 24.0 Å². The van der Waals surface area contributed by atoms with Crippen molar-refractivity contribution in [2.75, 3.05) is 33.9 Å². The lowest BCUT2D eigenvalue weighted by atomic mass is 9.94. The van der Waals surface area contributed by atoms with Gasteiger partial charge in [0.2, 0.25) is 0 Å². The Balaban J connectivity index is 1.73. The smallest absolute Gasteiger partial charge is 0.161 e. The number of rotatable bonds is 4. The number of piperidine rings is 1. The highest BCUT2D eigenvalue weighted by Crippen LogP contribution is 2.32. The Morgan fingerprint density at radius 3 is 2.67 bits per heavy atom. The van der Waals surface area contributed by atoms with Gasteiger partial charge < -0.3 is 14.8 Å². The fraction of sp³-hybridized carbons (Fsp3) is 0.647. The Bertz CT molecular complexity index is 490. The highest BCUT2D eigenvalue weighted by atomic mass is 16.5. The highest BCUT2D eigenvalue weighted by Gasteiger charge is 2.34. The van der Waals surface area contributed by atoms with E-state index in [1.807, 2.05) is 0 Å². The molecule has 0 radical (unpaired) electrons. The molecule has 21 heavy (non-hydrogen) atoms. The number of methoxy groups -OCH3 is 2. The summed E-state index contributed by atoms with van der Waals surface area (Å²) in [6.07, 6.45) is 2.70. The third kappa shape index (κ3) is 3.01. The van der Waals surface area contributed by atoms with E-state index in [4.69, 9.17) is 9.47 Å². The van der Waals surface area contributed by atoms with E-state index in [2.05, 4.69) is 29.3 Å². The van der Waals surface area contributed by atoms with Crippen LogP contribution < -0.4 is 14.8 Å². The Morgan fingerprint density at radius 2 is 1.95 bits per heavy atom.